The predicted octanol–water partition coefficient (Wildman–Crippen LogP) is 2.73. The maximum absolute atomic E-state index is 13.4. The van der Waals surface area contributed by atoms with Gasteiger partial charge in [-0.3, -0.25) is 4.98 Å². The summed E-state index contributed by atoms with van der Waals surface area (Å²) in [5.41, 5.74) is 0.118. The summed E-state index contributed by atoms with van der Waals surface area (Å²) in [5.74, 6) is -2.66. The average molecular weight is 235 g/mol. The van der Waals surface area contributed by atoms with E-state index in [1.165, 1.54) is 24.3 Å². The van der Waals surface area contributed by atoms with Gasteiger partial charge in [0.1, 0.15) is 0 Å². The first kappa shape index (κ1) is 11.2. The molecule has 0 aliphatic carbocycles. The van der Waals surface area contributed by atoms with E-state index in [0.717, 1.165) is 12.4 Å². The molecule has 2 rings (SSSR count). The van der Waals surface area contributed by atoms with Crippen LogP contribution in [0.25, 0.3) is 11.1 Å². The zero-order valence-electron chi connectivity index (χ0n) is 8.52. The Morgan fingerprint density at radius 3 is 2.06 bits per heavy atom. The molecule has 0 saturated heterocycles. The molecule has 0 fully saturated rings. The van der Waals surface area contributed by atoms with E-state index in [4.69, 9.17) is 5.11 Å². The number of hydrogen-bond acceptors (Lipinski definition) is 2. The number of carbonyl (C=O) groups is 1. The zero-order valence-corrected chi connectivity index (χ0v) is 8.52. The van der Waals surface area contributed by atoms with E-state index in [0.29, 0.717) is 0 Å². The third-order valence-electron chi connectivity index (χ3n) is 2.27. The molecule has 0 aliphatic heterocycles. The van der Waals surface area contributed by atoms with Crippen molar-refractivity contribution in [2.45, 2.75) is 0 Å². The molecule has 0 saturated carbocycles. The topological polar surface area (TPSA) is 50.2 Å². The van der Waals surface area contributed by atoms with Gasteiger partial charge in [0, 0.05) is 0 Å². The summed E-state index contributed by atoms with van der Waals surface area (Å²) >= 11 is 0. The van der Waals surface area contributed by atoms with E-state index in [-0.39, 0.29) is 16.7 Å². The standard InChI is InChI=1S/C12H7F2NO2/c13-9-5-15-6-10(14)11(9)7-1-3-8(4-2-7)12(16)17/h1-6H,(H,16,17). The molecule has 0 spiro atoms. The molecule has 3 nitrogen and oxygen atoms in total. The lowest BCUT2D eigenvalue weighted by atomic mass is 10.0. The number of aromatic carboxylic acids is 1. The van der Waals surface area contributed by atoms with Crippen LogP contribution >= 0.6 is 0 Å². The normalized spacial score (nSPS) is 10.2. The molecule has 0 bridgehead atoms. The number of benzene rings is 1. The number of hydrogen-bond donors (Lipinski definition) is 1. The van der Waals surface area contributed by atoms with Gasteiger partial charge in [0.05, 0.1) is 23.5 Å². The molecule has 1 aromatic carbocycles. The molecule has 0 amide bonds. The van der Waals surface area contributed by atoms with Crippen LogP contribution in [0.3, 0.4) is 0 Å². The van der Waals surface area contributed by atoms with Crippen molar-refractivity contribution in [3.63, 3.8) is 0 Å². The summed E-state index contributed by atoms with van der Waals surface area (Å²) in [5, 5.41) is 8.70. The van der Waals surface area contributed by atoms with Crippen LogP contribution in [0, 0.1) is 11.6 Å². The van der Waals surface area contributed by atoms with Crippen molar-refractivity contribution in [3.8, 4) is 11.1 Å². The van der Waals surface area contributed by atoms with E-state index in [1.54, 1.807) is 0 Å². The molecule has 17 heavy (non-hydrogen) atoms. The molecule has 5 heteroatoms. The van der Waals surface area contributed by atoms with Gasteiger partial charge >= 0.3 is 5.97 Å². The van der Waals surface area contributed by atoms with Crippen LogP contribution in [0.15, 0.2) is 36.7 Å². The molecule has 2 aromatic rings. The molecular formula is C12H7F2NO2. The Bertz CT molecular complexity index is 547. The van der Waals surface area contributed by atoms with Gasteiger partial charge in [-0.05, 0) is 17.7 Å². The zero-order chi connectivity index (χ0) is 12.4. The maximum Gasteiger partial charge on any atom is 0.335 e. The number of nitrogens with zero attached hydrogens (tertiary/aromatic N) is 1. The Kier molecular flexibility index (Phi) is 2.82. The van der Waals surface area contributed by atoms with Crippen LogP contribution < -0.4 is 0 Å². The highest BCUT2D eigenvalue weighted by molar-refractivity contribution is 5.88. The minimum atomic E-state index is -1.09. The first-order chi connectivity index (χ1) is 8.09. The highest BCUT2D eigenvalue weighted by Crippen LogP contribution is 2.25. The first-order valence-electron chi connectivity index (χ1n) is 4.72. The Morgan fingerprint density at radius 1 is 1.06 bits per heavy atom. The summed E-state index contributed by atoms with van der Waals surface area (Å²) in [6.45, 7) is 0. The SMILES string of the molecule is O=C(O)c1ccc(-c2c(F)cncc2F)cc1. The van der Waals surface area contributed by atoms with E-state index >= 15 is 0 Å². The lowest BCUT2D eigenvalue weighted by molar-refractivity contribution is 0.0697. The molecule has 1 aromatic heterocycles. The van der Waals surface area contributed by atoms with Gasteiger partial charge in [0.25, 0.3) is 0 Å². The second kappa shape index (κ2) is 4.29. The number of rotatable bonds is 2. The predicted molar refractivity (Wildman–Crippen MR) is 56.5 cm³/mol. The smallest absolute Gasteiger partial charge is 0.335 e. The van der Waals surface area contributed by atoms with Crippen molar-refractivity contribution in [1.29, 1.82) is 0 Å². The maximum atomic E-state index is 13.4. The quantitative estimate of drug-likeness (QED) is 0.870. The third kappa shape index (κ3) is 2.13. The fourth-order valence-corrected chi connectivity index (χ4v) is 1.47. The van der Waals surface area contributed by atoms with E-state index in [9.17, 15) is 13.6 Å². The van der Waals surface area contributed by atoms with Crippen molar-refractivity contribution >= 4 is 5.97 Å². The Labute approximate surface area is 95.4 Å². The lowest BCUT2D eigenvalue weighted by Crippen LogP contribution is -1.96. The number of carboxylic acid groups (broad SMARTS) is 1. The van der Waals surface area contributed by atoms with Crippen LogP contribution in [0.5, 0.6) is 0 Å². The molecule has 86 valence electrons. The van der Waals surface area contributed by atoms with Crippen molar-refractivity contribution in [1.82, 2.24) is 4.98 Å². The Hall–Kier alpha value is -2.30. The van der Waals surface area contributed by atoms with Gasteiger partial charge < -0.3 is 5.11 Å². The van der Waals surface area contributed by atoms with Crippen molar-refractivity contribution < 1.29 is 18.7 Å². The highest BCUT2D eigenvalue weighted by Gasteiger charge is 2.12. The minimum Gasteiger partial charge on any atom is -0.478 e. The first-order valence-corrected chi connectivity index (χ1v) is 4.72. The summed E-state index contributed by atoms with van der Waals surface area (Å²) < 4.78 is 26.8. The van der Waals surface area contributed by atoms with E-state index < -0.39 is 17.6 Å². The monoisotopic (exact) mass is 235 g/mol. The molecule has 0 radical (unpaired) electrons. The Morgan fingerprint density at radius 2 is 1.59 bits per heavy atom. The molecular weight excluding hydrogens is 228 g/mol. The number of carboxylic acids is 1. The van der Waals surface area contributed by atoms with Crippen LogP contribution in [-0.2, 0) is 0 Å². The average Bonchev–Trinajstić information content (AvgIpc) is 2.29. The second-order valence-electron chi connectivity index (χ2n) is 3.36. The molecule has 1 N–H and O–H groups in total. The lowest BCUT2D eigenvalue weighted by Gasteiger charge is -2.04. The van der Waals surface area contributed by atoms with Gasteiger partial charge in [0.2, 0.25) is 0 Å². The van der Waals surface area contributed by atoms with Gasteiger partial charge in [-0.15, -0.1) is 0 Å². The summed E-state index contributed by atoms with van der Waals surface area (Å²) in [4.78, 5) is 14.0. The van der Waals surface area contributed by atoms with Gasteiger partial charge in [-0.1, -0.05) is 12.1 Å². The largest absolute Gasteiger partial charge is 0.478 e. The summed E-state index contributed by atoms with van der Waals surface area (Å²) in [6, 6.07) is 5.28. The third-order valence-corrected chi connectivity index (χ3v) is 2.27. The van der Waals surface area contributed by atoms with Crippen LogP contribution in [0.1, 0.15) is 10.4 Å². The van der Waals surface area contributed by atoms with Crippen molar-refractivity contribution in [2.24, 2.45) is 0 Å². The molecule has 1 heterocycles. The fraction of sp³-hybridized carbons (Fsp3) is 0. The van der Waals surface area contributed by atoms with Gasteiger partial charge in [-0.2, -0.15) is 0 Å². The van der Waals surface area contributed by atoms with E-state index in [2.05, 4.69) is 4.98 Å². The van der Waals surface area contributed by atoms with E-state index in [1.807, 2.05) is 0 Å². The number of aromatic nitrogens is 1. The second-order valence-corrected chi connectivity index (χ2v) is 3.36. The van der Waals surface area contributed by atoms with Crippen LogP contribution in [0.2, 0.25) is 0 Å². The molecule has 0 aliphatic rings. The van der Waals surface area contributed by atoms with Crippen molar-refractivity contribution in [2.75, 3.05) is 0 Å². The van der Waals surface area contributed by atoms with Crippen molar-refractivity contribution in [3.05, 3.63) is 53.9 Å². The summed E-state index contributed by atoms with van der Waals surface area (Å²) in [6.07, 6.45) is 1.81. The number of pyridine rings is 1. The fourth-order valence-electron chi connectivity index (χ4n) is 1.47. The number of halogens is 2. The van der Waals surface area contributed by atoms with Gasteiger partial charge in [-0.25, -0.2) is 13.6 Å². The highest BCUT2D eigenvalue weighted by atomic mass is 19.1. The Balaban J connectivity index is 2.50. The minimum absolute atomic E-state index is 0.0589. The van der Waals surface area contributed by atoms with Gasteiger partial charge in [0.15, 0.2) is 11.6 Å². The summed E-state index contributed by atoms with van der Waals surface area (Å²) in [7, 11) is 0. The van der Waals surface area contributed by atoms with Crippen LogP contribution in [-0.4, -0.2) is 16.1 Å². The molecule has 0 unspecified atom stereocenters. The molecule has 0 atom stereocenters. The van der Waals surface area contributed by atoms with Crippen LogP contribution in [0.4, 0.5) is 8.78 Å².